The minimum Gasteiger partial charge on any atom is -0.469 e. The highest BCUT2D eigenvalue weighted by molar-refractivity contribution is 6.62. The molecule has 0 aromatic carbocycles. The molecule has 2 heterocycles. The molecule has 0 saturated carbocycles. The summed E-state index contributed by atoms with van der Waals surface area (Å²) in [5.41, 5.74) is -0.209. The average molecular weight is 322 g/mol. The summed E-state index contributed by atoms with van der Waals surface area (Å²) in [5, 5.41) is 0. The Labute approximate surface area is 136 Å². The van der Waals surface area contributed by atoms with Crippen LogP contribution in [0.2, 0.25) is 0 Å². The molecule has 23 heavy (non-hydrogen) atoms. The second-order valence-electron chi connectivity index (χ2n) is 6.69. The monoisotopic (exact) mass is 322 g/mol. The van der Waals surface area contributed by atoms with E-state index in [9.17, 15) is 9.59 Å². The number of hydrogen-bond acceptors (Lipinski definition) is 6. The van der Waals surface area contributed by atoms with Crippen molar-refractivity contribution in [3.05, 3.63) is 18.1 Å². The predicted molar refractivity (Wildman–Crippen MR) is 84.6 cm³/mol. The van der Waals surface area contributed by atoms with Crippen LogP contribution in [0.5, 0.6) is 0 Å². The quantitative estimate of drug-likeness (QED) is 0.454. The van der Waals surface area contributed by atoms with Gasteiger partial charge in [-0.25, -0.2) is 0 Å². The molecule has 1 fully saturated rings. The van der Waals surface area contributed by atoms with Gasteiger partial charge in [0.05, 0.1) is 24.6 Å². The number of carbonyl (C=O) groups excluding carboxylic acids is 2. The van der Waals surface area contributed by atoms with E-state index in [-0.39, 0.29) is 30.4 Å². The van der Waals surface area contributed by atoms with Crippen LogP contribution in [0.1, 0.15) is 57.5 Å². The van der Waals surface area contributed by atoms with Crippen molar-refractivity contribution in [1.82, 2.24) is 0 Å². The Bertz CT molecular complexity index is 573. The van der Waals surface area contributed by atoms with Crippen molar-refractivity contribution in [2.45, 2.75) is 58.2 Å². The first-order chi connectivity index (χ1) is 10.7. The maximum atomic E-state index is 12.1. The van der Waals surface area contributed by atoms with Gasteiger partial charge in [0.1, 0.15) is 0 Å². The summed E-state index contributed by atoms with van der Waals surface area (Å²) in [6, 6.07) is 1.64. The Hall–Kier alpha value is -1.60. The van der Waals surface area contributed by atoms with Gasteiger partial charge in [-0.2, -0.15) is 0 Å². The molecule has 1 saturated heterocycles. The third kappa shape index (κ3) is 3.84. The van der Waals surface area contributed by atoms with Crippen LogP contribution in [0.3, 0.4) is 0 Å². The number of rotatable bonds is 6. The van der Waals surface area contributed by atoms with E-state index in [1.807, 2.05) is 27.7 Å². The zero-order valence-corrected chi connectivity index (χ0v) is 14.3. The third-order valence-corrected chi connectivity index (χ3v) is 4.43. The van der Waals surface area contributed by atoms with Gasteiger partial charge in [-0.1, -0.05) is 0 Å². The van der Waals surface area contributed by atoms with Crippen molar-refractivity contribution in [2.75, 3.05) is 7.11 Å². The molecule has 1 aliphatic heterocycles. The zero-order chi connectivity index (χ0) is 17.3. The molecule has 0 aliphatic carbocycles. The lowest BCUT2D eigenvalue weighted by molar-refractivity contribution is -0.140. The molecule has 0 radical (unpaired) electrons. The summed E-state index contributed by atoms with van der Waals surface area (Å²) in [5.74, 6) is -0.230. The standard InChI is InChI=1S/C16H23BO6/c1-15(2)16(3,4)23-17(22-15)11-9-13(21-10-11)12(18)7-6-8-14(19)20-5/h9-10H,6-8H2,1-5H3. The van der Waals surface area contributed by atoms with Gasteiger partial charge in [-0.3, -0.25) is 9.59 Å². The summed E-state index contributed by atoms with van der Waals surface area (Å²) >= 11 is 0. The smallest absolute Gasteiger partial charge is 0.469 e. The van der Waals surface area contributed by atoms with E-state index in [1.165, 1.54) is 13.4 Å². The van der Waals surface area contributed by atoms with Gasteiger partial charge in [0.25, 0.3) is 0 Å². The van der Waals surface area contributed by atoms with Crippen LogP contribution in [0.25, 0.3) is 0 Å². The second kappa shape index (κ2) is 6.49. The fourth-order valence-electron chi connectivity index (χ4n) is 2.22. The van der Waals surface area contributed by atoms with Gasteiger partial charge in [0, 0.05) is 18.3 Å². The number of methoxy groups -OCH3 is 1. The zero-order valence-electron chi connectivity index (χ0n) is 14.3. The Balaban J connectivity index is 1.96. The maximum Gasteiger partial charge on any atom is 0.498 e. The summed E-state index contributed by atoms with van der Waals surface area (Å²) in [6.07, 6.45) is 2.35. The molecule has 0 atom stereocenters. The molecule has 1 aromatic heterocycles. The first-order valence-corrected chi connectivity index (χ1v) is 7.70. The summed E-state index contributed by atoms with van der Waals surface area (Å²) < 4.78 is 21.7. The van der Waals surface area contributed by atoms with Crippen LogP contribution in [-0.2, 0) is 18.8 Å². The Morgan fingerprint density at radius 3 is 2.30 bits per heavy atom. The highest BCUT2D eigenvalue weighted by atomic mass is 16.7. The van der Waals surface area contributed by atoms with E-state index < -0.39 is 18.3 Å². The highest BCUT2D eigenvalue weighted by Crippen LogP contribution is 2.36. The van der Waals surface area contributed by atoms with E-state index in [0.29, 0.717) is 11.9 Å². The SMILES string of the molecule is COC(=O)CCCC(=O)c1cc(B2OC(C)(C)C(C)(C)O2)co1. The second-order valence-corrected chi connectivity index (χ2v) is 6.69. The summed E-state index contributed by atoms with van der Waals surface area (Å²) in [7, 11) is 0.772. The number of carbonyl (C=O) groups is 2. The topological polar surface area (TPSA) is 75.0 Å². The van der Waals surface area contributed by atoms with Gasteiger partial charge < -0.3 is 18.5 Å². The number of ether oxygens (including phenoxy) is 1. The summed E-state index contributed by atoms with van der Waals surface area (Å²) in [4.78, 5) is 23.1. The van der Waals surface area contributed by atoms with Gasteiger partial charge in [0.2, 0.25) is 0 Å². The molecular weight excluding hydrogens is 299 g/mol. The van der Waals surface area contributed by atoms with Crippen LogP contribution in [-0.4, -0.2) is 37.2 Å². The van der Waals surface area contributed by atoms with Crippen molar-refractivity contribution >= 4 is 24.3 Å². The van der Waals surface area contributed by atoms with Crippen LogP contribution >= 0.6 is 0 Å². The van der Waals surface area contributed by atoms with E-state index in [2.05, 4.69) is 4.74 Å². The fourth-order valence-corrected chi connectivity index (χ4v) is 2.22. The third-order valence-electron chi connectivity index (χ3n) is 4.43. The Morgan fingerprint density at radius 2 is 1.74 bits per heavy atom. The predicted octanol–water partition coefficient (Wildman–Crippen LogP) is 2.10. The van der Waals surface area contributed by atoms with Crippen molar-refractivity contribution in [1.29, 1.82) is 0 Å². The van der Waals surface area contributed by atoms with E-state index in [0.717, 1.165) is 0 Å². The van der Waals surface area contributed by atoms with Gasteiger partial charge in [-0.05, 0) is 40.2 Å². The molecule has 0 spiro atoms. The van der Waals surface area contributed by atoms with Crippen LogP contribution in [0.15, 0.2) is 16.7 Å². The highest BCUT2D eigenvalue weighted by Gasteiger charge is 2.52. The van der Waals surface area contributed by atoms with Crippen LogP contribution in [0, 0.1) is 0 Å². The van der Waals surface area contributed by atoms with Crippen molar-refractivity contribution < 1.29 is 28.1 Å². The van der Waals surface area contributed by atoms with Gasteiger partial charge >= 0.3 is 13.1 Å². The Kier molecular flexibility index (Phi) is 5.01. The molecule has 0 unspecified atom stereocenters. The molecule has 2 rings (SSSR count). The molecule has 126 valence electrons. The van der Waals surface area contributed by atoms with E-state index in [4.69, 9.17) is 13.7 Å². The van der Waals surface area contributed by atoms with E-state index >= 15 is 0 Å². The number of esters is 1. The lowest BCUT2D eigenvalue weighted by Crippen LogP contribution is -2.41. The molecule has 6 nitrogen and oxygen atoms in total. The molecule has 1 aromatic rings. The summed E-state index contributed by atoms with van der Waals surface area (Å²) in [6.45, 7) is 7.86. The number of Topliss-reactive ketones (excluding diaryl/α,β-unsaturated/α-hetero) is 1. The van der Waals surface area contributed by atoms with E-state index in [1.54, 1.807) is 6.07 Å². The van der Waals surface area contributed by atoms with Crippen LogP contribution in [0.4, 0.5) is 0 Å². The maximum absolute atomic E-state index is 12.1. The van der Waals surface area contributed by atoms with Gasteiger partial charge in [-0.15, -0.1) is 0 Å². The average Bonchev–Trinajstić information content (AvgIpc) is 3.02. The minimum atomic E-state index is -0.555. The van der Waals surface area contributed by atoms with Crippen LogP contribution < -0.4 is 5.46 Å². The molecular formula is C16H23BO6. The molecule has 7 heteroatoms. The first-order valence-electron chi connectivity index (χ1n) is 7.70. The van der Waals surface area contributed by atoms with Crippen molar-refractivity contribution in [3.8, 4) is 0 Å². The number of furan rings is 1. The largest absolute Gasteiger partial charge is 0.498 e. The molecule has 1 aliphatic rings. The van der Waals surface area contributed by atoms with Crippen molar-refractivity contribution in [3.63, 3.8) is 0 Å². The molecule has 0 N–H and O–H groups in total. The van der Waals surface area contributed by atoms with Crippen molar-refractivity contribution in [2.24, 2.45) is 0 Å². The molecule has 0 amide bonds. The van der Waals surface area contributed by atoms with Gasteiger partial charge in [0.15, 0.2) is 11.5 Å². The lowest BCUT2D eigenvalue weighted by atomic mass is 9.81. The normalized spacial score (nSPS) is 18.9. The molecule has 0 bridgehead atoms. The number of ketones is 1. The number of hydrogen-bond donors (Lipinski definition) is 0. The fraction of sp³-hybridized carbons (Fsp3) is 0.625. The first kappa shape index (κ1) is 17.8. The minimum absolute atomic E-state index is 0.156. The Morgan fingerprint density at radius 1 is 1.13 bits per heavy atom. The lowest BCUT2D eigenvalue weighted by Gasteiger charge is -2.32.